The van der Waals surface area contributed by atoms with Crippen LogP contribution in [0.1, 0.15) is 42.4 Å². The highest BCUT2D eigenvalue weighted by atomic mass is 35.5. The molecule has 0 spiro atoms. The molecule has 2 rings (SSSR count). The van der Waals surface area contributed by atoms with E-state index in [9.17, 15) is 9.90 Å². The fourth-order valence-corrected chi connectivity index (χ4v) is 3.16. The van der Waals surface area contributed by atoms with E-state index in [1.54, 1.807) is 13.0 Å². The highest BCUT2D eigenvalue weighted by Crippen LogP contribution is 2.48. The van der Waals surface area contributed by atoms with Crippen LogP contribution in [0.5, 0.6) is 5.75 Å². The Kier molecular flexibility index (Phi) is 3.47. The fourth-order valence-electron chi connectivity index (χ4n) is 2.91. The van der Waals surface area contributed by atoms with Gasteiger partial charge in [-0.1, -0.05) is 24.4 Å². The first-order chi connectivity index (χ1) is 8.52. The number of carbonyl (C=O) groups excluding carboxylic acids is 1. The number of hydrogen-bond acceptors (Lipinski definition) is 3. The summed E-state index contributed by atoms with van der Waals surface area (Å²) in [7, 11) is 0. The maximum Gasteiger partial charge on any atom is 0.235 e. The highest BCUT2D eigenvalue weighted by molar-refractivity contribution is 6.31. The van der Waals surface area contributed by atoms with Crippen LogP contribution in [0, 0.1) is 13.8 Å². The number of benzene rings is 1. The van der Waals surface area contributed by atoms with Crippen LogP contribution in [0.15, 0.2) is 11.1 Å². The average molecular weight is 266 g/mol. The maximum absolute atomic E-state index is 10.7. The summed E-state index contributed by atoms with van der Waals surface area (Å²) >= 11 is 6.05. The lowest BCUT2D eigenvalue weighted by atomic mass is 9.84. The molecule has 0 saturated heterocycles. The molecule has 18 heavy (non-hydrogen) atoms. The van der Waals surface area contributed by atoms with Gasteiger partial charge in [-0.25, -0.2) is 4.79 Å². The third-order valence-electron chi connectivity index (χ3n) is 3.84. The molecule has 0 radical (unpaired) electrons. The largest absolute Gasteiger partial charge is 0.507 e. The van der Waals surface area contributed by atoms with Crippen molar-refractivity contribution in [1.82, 2.24) is 0 Å². The monoisotopic (exact) mass is 265 g/mol. The molecule has 1 aromatic rings. The molecule has 0 bridgehead atoms. The van der Waals surface area contributed by atoms with Crippen molar-refractivity contribution in [3.63, 3.8) is 0 Å². The summed E-state index contributed by atoms with van der Waals surface area (Å²) in [5, 5.41) is 10.9. The van der Waals surface area contributed by atoms with E-state index in [1.807, 2.05) is 13.0 Å². The second-order valence-electron chi connectivity index (χ2n) is 4.97. The van der Waals surface area contributed by atoms with Crippen LogP contribution in [0.2, 0.25) is 5.02 Å². The van der Waals surface area contributed by atoms with Gasteiger partial charge in [-0.15, -0.1) is 0 Å². The Morgan fingerprint density at radius 3 is 2.56 bits per heavy atom. The minimum atomic E-state index is -0.606. The number of isocyanates is 1. The third-order valence-corrected chi connectivity index (χ3v) is 4.24. The zero-order valence-electron chi connectivity index (χ0n) is 10.6. The Bertz CT molecular complexity index is 527. The molecule has 96 valence electrons. The van der Waals surface area contributed by atoms with E-state index in [2.05, 4.69) is 4.99 Å². The summed E-state index contributed by atoms with van der Waals surface area (Å²) in [6.45, 7) is 3.66. The Morgan fingerprint density at radius 1 is 1.39 bits per heavy atom. The number of aromatic hydroxyl groups is 1. The first-order valence-electron chi connectivity index (χ1n) is 6.10. The fraction of sp³-hybridized carbons (Fsp3) is 0.500. The van der Waals surface area contributed by atoms with Gasteiger partial charge in [0.15, 0.2) is 0 Å². The summed E-state index contributed by atoms with van der Waals surface area (Å²) < 4.78 is 0. The first kappa shape index (κ1) is 13.1. The van der Waals surface area contributed by atoms with Gasteiger partial charge in [-0.2, -0.15) is 4.99 Å². The predicted molar refractivity (Wildman–Crippen MR) is 70.9 cm³/mol. The molecule has 0 aliphatic heterocycles. The zero-order valence-corrected chi connectivity index (χ0v) is 11.3. The SMILES string of the molecule is Cc1cc(Cl)c(C)c(O)c1C1(N=C=O)CCCC1. The number of hydrogen-bond donors (Lipinski definition) is 1. The Balaban J connectivity index is 2.69. The number of halogens is 1. The highest BCUT2D eigenvalue weighted by Gasteiger charge is 2.39. The maximum atomic E-state index is 10.7. The second-order valence-corrected chi connectivity index (χ2v) is 5.37. The normalized spacial score (nSPS) is 17.5. The van der Waals surface area contributed by atoms with Gasteiger partial charge in [0.25, 0.3) is 0 Å². The van der Waals surface area contributed by atoms with Crippen LogP contribution in [-0.2, 0) is 10.3 Å². The first-order valence-corrected chi connectivity index (χ1v) is 6.48. The Morgan fingerprint density at radius 2 is 2.00 bits per heavy atom. The molecule has 0 heterocycles. The van der Waals surface area contributed by atoms with Crippen molar-refractivity contribution in [3.05, 3.63) is 27.8 Å². The lowest BCUT2D eigenvalue weighted by molar-refractivity contribution is 0.404. The molecule has 0 atom stereocenters. The molecule has 1 saturated carbocycles. The minimum Gasteiger partial charge on any atom is -0.507 e. The van der Waals surface area contributed by atoms with Gasteiger partial charge in [0.1, 0.15) is 11.3 Å². The number of aliphatic imine (C=N–C) groups is 1. The van der Waals surface area contributed by atoms with Crippen molar-refractivity contribution in [1.29, 1.82) is 0 Å². The smallest absolute Gasteiger partial charge is 0.235 e. The van der Waals surface area contributed by atoms with E-state index in [-0.39, 0.29) is 5.75 Å². The summed E-state index contributed by atoms with van der Waals surface area (Å²) in [4.78, 5) is 14.7. The second kappa shape index (κ2) is 4.75. The number of phenolic OH excluding ortho intramolecular Hbond substituents is 1. The molecule has 0 unspecified atom stereocenters. The minimum absolute atomic E-state index is 0.168. The van der Waals surface area contributed by atoms with Gasteiger partial charge in [-0.3, -0.25) is 0 Å². The van der Waals surface area contributed by atoms with Crippen LogP contribution in [0.3, 0.4) is 0 Å². The van der Waals surface area contributed by atoms with E-state index >= 15 is 0 Å². The Hall–Kier alpha value is -1.31. The Labute approximate surface area is 111 Å². The molecule has 4 heteroatoms. The molecule has 1 aliphatic carbocycles. The van der Waals surface area contributed by atoms with Crippen LogP contribution in [-0.4, -0.2) is 11.2 Å². The molecule has 3 nitrogen and oxygen atoms in total. The van der Waals surface area contributed by atoms with E-state index in [4.69, 9.17) is 11.6 Å². The quantitative estimate of drug-likeness (QED) is 0.654. The average Bonchev–Trinajstić information content (AvgIpc) is 2.76. The standard InChI is InChI=1S/C14H16ClNO2/c1-9-7-11(15)10(2)13(18)12(9)14(16-8-17)5-3-4-6-14/h7,18H,3-6H2,1-2H3. The topological polar surface area (TPSA) is 49.7 Å². The van der Waals surface area contributed by atoms with Gasteiger partial charge in [0.05, 0.1) is 0 Å². The van der Waals surface area contributed by atoms with Crippen LogP contribution >= 0.6 is 11.6 Å². The van der Waals surface area contributed by atoms with Crippen LogP contribution in [0.4, 0.5) is 0 Å². The number of aryl methyl sites for hydroxylation is 1. The molecule has 1 fully saturated rings. The molecular weight excluding hydrogens is 250 g/mol. The van der Waals surface area contributed by atoms with Crippen molar-refractivity contribution in [3.8, 4) is 5.75 Å². The number of nitrogens with zero attached hydrogens (tertiary/aromatic N) is 1. The van der Waals surface area contributed by atoms with Crippen molar-refractivity contribution >= 4 is 17.7 Å². The van der Waals surface area contributed by atoms with Crippen LogP contribution < -0.4 is 0 Å². The molecule has 1 N–H and O–H groups in total. The van der Waals surface area contributed by atoms with Crippen molar-refractivity contribution in [2.24, 2.45) is 4.99 Å². The van der Waals surface area contributed by atoms with Gasteiger partial charge in [0, 0.05) is 16.1 Å². The molecule has 0 amide bonds. The number of rotatable bonds is 2. The lowest BCUT2D eigenvalue weighted by Crippen LogP contribution is -2.21. The van der Waals surface area contributed by atoms with Crippen molar-refractivity contribution in [2.45, 2.75) is 45.1 Å². The molecular formula is C14H16ClNO2. The lowest BCUT2D eigenvalue weighted by Gasteiger charge is -2.27. The van der Waals surface area contributed by atoms with Crippen LogP contribution in [0.25, 0.3) is 0 Å². The summed E-state index contributed by atoms with van der Waals surface area (Å²) in [6.07, 6.45) is 5.23. The summed E-state index contributed by atoms with van der Waals surface area (Å²) in [5.74, 6) is 0.168. The molecule has 1 aromatic carbocycles. The third kappa shape index (κ3) is 1.94. The van der Waals surface area contributed by atoms with Gasteiger partial charge < -0.3 is 5.11 Å². The van der Waals surface area contributed by atoms with Crippen molar-refractivity contribution in [2.75, 3.05) is 0 Å². The van der Waals surface area contributed by atoms with E-state index in [0.29, 0.717) is 10.6 Å². The van der Waals surface area contributed by atoms with Gasteiger partial charge in [0.2, 0.25) is 6.08 Å². The summed E-state index contributed by atoms with van der Waals surface area (Å²) in [6, 6.07) is 1.83. The van der Waals surface area contributed by atoms with E-state index in [1.165, 1.54) is 0 Å². The van der Waals surface area contributed by atoms with Gasteiger partial charge >= 0.3 is 0 Å². The van der Waals surface area contributed by atoms with Crippen molar-refractivity contribution < 1.29 is 9.90 Å². The summed E-state index contributed by atoms with van der Waals surface area (Å²) in [5.41, 5.74) is 1.66. The van der Waals surface area contributed by atoms with E-state index < -0.39 is 5.54 Å². The molecule has 0 aromatic heterocycles. The zero-order chi connectivity index (χ0) is 13.3. The van der Waals surface area contributed by atoms with Gasteiger partial charge in [-0.05, 0) is 38.3 Å². The number of phenols is 1. The van der Waals surface area contributed by atoms with E-state index in [0.717, 1.165) is 36.8 Å². The molecule has 1 aliphatic rings. The predicted octanol–water partition coefficient (Wildman–Crippen LogP) is 3.77.